The standard InChI is InChI=1S/C14H22N4O2S/c1-2-5-15-6-7-16-12(19)9-11-10-21-14(17-11)18-8-3-4-13(18)20/h10,15H,2-9H2,1H3,(H,16,19). The van der Waals surface area contributed by atoms with Crippen molar-refractivity contribution in [3.05, 3.63) is 11.1 Å². The molecule has 0 saturated carbocycles. The molecule has 0 unspecified atom stereocenters. The van der Waals surface area contributed by atoms with Crippen molar-refractivity contribution in [1.29, 1.82) is 0 Å². The van der Waals surface area contributed by atoms with E-state index in [1.54, 1.807) is 4.90 Å². The van der Waals surface area contributed by atoms with Gasteiger partial charge in [0.25, 0.3) is 0 Å². The van der Waals surface area contributed by atoms with Crippen LogP contribution in [-0.2, 0) is 16.0 Å². The van der Waals surface area contributed by atoms with Gasteiger partial charge in [-0.3, -0.25) is 14.5 Å². The summed E-state index contributed by atoms with van der Waals surface area (Å²) in [5.41, 5.74) is 0.730. The van der Waals surface area contributed by atoms with Crippen molar-refractivity contribution in [2.75, 3.05) is 31.1 Å². The maximum Gasteiger partial charge on any atom is 0.228 e. The summed E-state index contributed by atoms with van der Waals surface area (Å²) in [5.74, 6) is 0.0975. The van der Waals surface area contributed by atoms with Gasteiger partial charge in [-0.1, -0.05) is 6.92 Å². The highest BCUT2D eigenvalue weighted by atomic mass is 32.1. The highest BCUT2D eigenvalue weighted by molar-refractivity contribution is 7.14. The Kier molecular flexibility index (Phi) is 6.13. The molecule has 0 radical (unpaired) electrons. The number of anilines is 1. The number of aromatic nitrogens is 1. The van der Waals surface area contributed by atoms with Crippen LogP contribution in [0.25, 0.3) is 0 Å². The molecule has 1 aromatic rings. The van der Waals surface area contributed by atoms with E-state index in [2.05, 4.69) is 22.5 Å². The third-order valence-electron chi connectivity index (χ3n) is 3.24. The SMILES string of the molecule is CCCNCCNC(=O)Cc1csc(N2CCCC2=O)n1. The molecule has 2 amide bonds. The second-order valence-electron chi connectivity index (χ2n) is 5.05. The fourth-order valence-electron chi connectivity index (χ4n) is 2.17. The predicted molar refractivity (Wildman–Crippen MR) is 83.6 cm³/mol. The van der Waals surface area contributed by atoms with Gasteiger partial charge in [0, 0.05) is 31.4 Å². The number of nitrogens with one attached hydrogen (secondary N) is 2. The van der Waals surface area contributed by atoms with E-state index in [1.165, 1.54) is 11.3 Å². The molecule has 0 aromatic carbocycles. The van der Waals surface area contributed by atoms with Crippen molar-refractivity contribution in [1.82, 2.24) is 15.6 Å². The molecular formula is C14H22N4O2S. The van der Waals surface area contributed by atoms with Crippen LogP contribution in [-0.4, -0.2) is 43.0 Å². The third-order valence-corrected chi connectivity index (χ3v) is 4.15. The van der Waals surface area contributed by atoms with Crippen molar-refractivity contribution >= 4 is 28.3 Å². The third kappa shape index (κ3) is 4.78. The molecule has 0 bridgehead atoms. The minimum Gasteiger partial charge on any atom is -0.354 e. The molecule has 0 atom stereocenters. The number of nitrogens with zero attached hydrogens (tertiary/aromatic N) is 2. The largest absolute Gasteiger partial charge is 0.354 e. The fourth-order valence-corrected chi connectivity index (χ4v) is 3.04. The summed E-state index contributed by atoms with van der Waals surface area (Å²) in [6, 6.07) is 0. The van der Waals surface area contributed by atoms with Gasteiger partial charge in [0.1, 0.15) is 0 Å². The van der Waals surface area contributed by atoms with Gasteiger partial charge in [-0.15, -0.1) is 11.3 Å². The number of hydrogen-bond donors (Lipinski definition) is 2. The molecular weight excluding hydrogens is 288 g/mol. The summed E-state index contributed by atoms with van der Waals surface area (Å²) in [6.07, 6.45) is 2.84. The molecule has 2 heterocycles. The maximum absolute atomic E-state index is 11.8. The Balaban J connectivity index is 1.74. The van der Waals surface area contributed by atoms with Crippen LogP contribution >= 0.6 is 11.3 Å². The molecule has 21 heavy (non-hydrogen) atoms. The van der Waals surface area contributed by atoms with Crippen LogP contribution in [0.15, 0.2) is 5.38 Å². The van der Waals surface area contributed by atoms with Gasteiger partial charge >= 0.3 is 0 Å². The fraction of sp³-hybridized carbons (Fsp3) is 0.643. The Labute approximate surface area is 128 Å². The number of rotatable bonds is 8. The van der Waals surface area contributed by atoms with Gasteiger partial charge in [-0.2, -0.15) is 0 Å². The minimum absolute atomic E-state index is 0.0297. The van der Waals surface area contributed by atoms with Crippen molar-refractivity contribution in [3.63, 3.8) is 0 Å². The summed E-state index contributed by atoms with van der Waals surface area (Å²) < 4.78 is 0. The van der Waals surface area contributed by atoms with E-state index in [4.69, 9.17) is 0 Å². The number of amides is 2. The lowest BCUT2D eigenvalue weighted by atomic mass is 10.3. The molecule has 7 heteroatoms. The van der Waals surface area contributed by atoms with E-state index in [-0.39, 0.29) is 18.2 Å². The average Bonchev–Trinajstić information content (AvgIpc) is 3.07. The van der Waals surface area contributed by atoms with Crippen molar-refractivity contribution in [2.24, 2.45) is 0 Å². The molecule has 1 fully saturated rings. The van der Waals surface area contributed by atoms with Crippen molar-refractivity contribution in [3.8, 4) is 0 Å². The van der Waals surface area contributed by atoms with Crippen LogP contribution in [0.1, 0.15) is 31.9 Å². The van der Waals surface area contributed by atoms with Crippen LogP contribution < -0.4 is 15.5 Å². The molecule has 1 saturated heterocycles. The van der Waals surface area contributed by atoms with Gasteiger partial charge in [0.15, 0.2) is 5.13 Å². The van der Waals surface area contributed by atoms with Crippen molar-refractivity contribution < 1.29 is 9.59 Å². The maximum atomic E-state index is 11.8. The summed E-state index contributed by atoms with van der Waals surface area (Å²) in [6.45, 7) is 5.22. The zero-order valence-electron chi connectivity index (χ0n) is 12.4. The molecule has 6 nitrogen and oxygen atoms in total. The lowest BCUT2D eigenvalue weighted by Crippen LogP contribution is -2.33. The first-order chi connectivity index (χ1) is 10.2. The Hall–Kier alpha value is -1.47. The minimum atomic E-state index is -0.0297. The second-order valence-corrected chi connectivity index (χ2v) is 5.88. The highest BCUT2D eigenvalue weighted by Crippen LogP contribution is 2.25. The zero-order chi connectivity index (χ0) is 15.1. The number of carbonyl (C=O) groups excluding carboxylic acids is 2. The van der Waals surface area contributed by atoms with E-state index in [9.17, 15) is 9.59 Å². The molecule has 2 N–H and O–H groups in total. The van der Waals surface area contributed by atoms with Crippen LogP contribution in [0.5, 0.6) is 0 Å². The Morgan fingerprint density at radius 1 is 1.43 bits per heavy atom. The van der Waals surface area contributed by atoms with Gasteiger partial charge in [-0.25, -0.2) is 4.98 Å². The van der Waals surface area contributed by atoms with Crippen molar-refractivity contribution in [2.45, 2.75) is 32.6 Å². The predicted octanol–water partition coefficient (Wildman–Crippen LogP) is 0.928. The highest BCUT2D eigenvalue weighted by Gasteiger charge is 2.24. The van der Waals surface area contributed by atoms with Crippen LogP contribution in [0, 0.1) is 0 Å². The summed E-state index contributed by atoms with van der Waals surface area (Å²) in [7, 11) is 0. The van der Waals surface area contributed by atoms with Gasteiger partial charge in [-0.05, 0) is 19.4 Å². The number of hydrogen-bond acceptors (Lipinski definition) is 5. The van der Waals surface area contributed by atoms with E-state index in [0.29, 0.717) is 18.1 Å². The molecule has 0 spiro atoms. The molecule has 1 aliphatic heterocycles. The molecule has 116 valence electrons. The number of carbonyl (C=O) groups is 2. The second kappa shape index (κ2) is 8.09. The van der Waals surface area contributed by atoms with Crippen LogP contribution in [0.3, 0.4) is 0 Å². The summed E-state index contributed by atoms with van der Waals surface area (Å²) in [4.78, 5) is 29.5. The Morgan fingerprint density at radius 3 is 3.00 bits per heavy atom. The topological polar surface area (TPSA) is 74.3 Å². The average molecular weight is 310 g/mol. The zero-order valence-corrected chi connectivity index (χ0v) is 13.2. The van der Waals surface area contributed by atoms with Crippen LogP contribution in [0.4, 0.5) is 5.13 Å². The summed E-state index contributed by atoms with van der Waals surface area (Å²) >= 11 is 1.43. The van der Waals surface area contributed by atoms with Gasteiger partial charge in [0.05, 0.1) is 12.1 Å². The molecule has 1 aromatic heterocycles. The van der Waals surface area contributed by atoms with Crippen LogP contribution in [0.2, 0.25) is 0 Å². The smallest absolute Gasteiger partial charge is 0.228 e. The van der Waals surface area contributed by atoms with E-state index >= 15 is 0 Å². The summed E-state index contributed by atoms with van der Waals surface area (Å²) in [5, 5.41) is 8.66. The first-order valence-corrected chi connectivity index (χ1v) is 8.31. The van der Waals surface area contributed by atoms with Gasteiger partial charge in [0.2, 0.25) is 11.8 Å². The monoisotopic (exact) mass is 310 g/mol. The molecule has 1 aliphatic rings. The quantitative estimate of drug-likeness (QED) is 0.701. The molecule has 2 rings (SSSR count). The lowest BCUT2D eigenvalue weighted by Gasteiger charge is -2.10. The Morgan fingerprint density at radius 2 is 2.29 bits per heavy atom. The van der Waals surface area contributed by atoms with E-state index < -0.39 is 0 Å². The number of thiazole rings is 1. The first kappa shape index (κ1) is 15.9. The normalized spacial score (nSPS) is 14.7. The first-order valence-electron chi connectivity index (χ1n) is 7.43. The lowest BCUT2D eigenvalue weighted by molar-refractivity contribution is -0.120. The van der Waals surface area contributed by atoms with E-state index in [1.807, 2.05) is 5.38 Å². The molecule has 0 aliphatic carbocycles. The Bertz CT molecular complexity index is 489. The van der Waals surface area contributed by atoms with Gasteiger partial charge < -0.3 is 10.6 Å². The van der Waals surface area contributed by atoms with E-state index in [0.717, 1.165) is 38.2 Å².